The summed E-state index contributed by atoms with van der Waals surface area (Å²) >= 11 is 5.04. The Morgan fingerprint density at radius 3 is 3.21 bits per heavy atom. The summed E-state index contributed by atoms with van der Waals surface area (Å²) in [7, 11) is 1.72. The van der Waals surface area contributed by atoms with Crippen LogP contribution in [0.2, 0.25) is 0 Å². The summed E-state index contributed by atoms with van der Waals surface area (Å²) in [5.41, 5.74) is 1.07. The number of methoxy groups -OCH3 is 1. The van der Waals surface area contributed by atoms with Gasteiger partial charge < -0.3 is 9.64 Å². The van der Waals surface area contributed by atoms with Crippen LogP contribution in [0.15, 0.2) is 21.3 Å². The van der Waals surface area contributed by atoms with Crippen molar-refractivity contribution in [2.45, 2.75) is 12.8 Å². The van der Waals surface area contributed by atoms with E-state index in [-0.39, 0.29) is 5.91 Å². The van der Waals surface area contributed by atoms with Gasteiger partial charge in [0.15, 0.2) is 0 Å². The second kappa shape index (κ2) is 7.22. The van der Waals surface area contributed by atoms with Gasteiger partial charge in [-0.1, -0.05) is 0 Å². The predicted octanol–water partition coefficient (Wildman–Crippen LogP) is 3.41. The second-order valence-corrected chi connectivity index (χ2v) is 7.06. The number of likely N-dealkylation sites (tertiary alicyclic amines) is 1. The van der Waals surface area contributed by atoms with E-state index in [4.69, 9.17) is 4.74 Å². The summed E-state index contributed by atoms with van der Waals surface area (Å²) in [4.78, 5) is 14.0. The Hall–Kier alpha value is -0.650. The molecule has 1 aliphatic heterocycles. The maximum atomic E-state index is 12.1. The molecular formula is C14H18BrNO2S. The second-order valence-electron chi connectivity index (χ2n) is 4.77. The number of rotatable bonds is 4. The van der Waals surface area contributed by atoms with Crippen LogP contribution in [0.5, 0.6) is 0 Å². The fourth-order valence-electron chi connectivity index (χ4n) is 2.32. The van der Waals surface area contributed by atoms with Gasteiger partial charge in [0.25, 0.3) is 0 Å². The van der Waals surface area contributed by atoms with Crippen molar-refractivity contribution in [3.8, 4) is 0 Å². The van der Waals surface area contributed by atoms with Crippen molar-refractivity contribution in [2.24, 2.45) is 5.92 Å². The van der Waals surface area contributed by atoms with E-state index in [1.54, 1.807) is 24.5 Å². The lowest BCUT2D eigenvalue weighted by Gasteiger charge is -2.31. The summed E-state index contributed by atoms with van der Waals surface area (Å²) < 4.78 is 6.26. The highest BCUT2D eigenvalue weighted by molar-refractivity contribution is 9.11. The van der Waals surface area contributed by atoms with Gasteiger partial charge in [0.1, 0.15) is 0 Å². The van der Waals surface area contributed by atoms with Crippen LogP contribution in [-0.4, -0.2) is 37.6 Å². The number of hydrogen-bond acceptors (Lipinski definition) is 3. The molecule has 0 aliphatic carbocycles. The van der Waals surface area contributed by atoms with Gasteiger partial charge >= 0.3 is 0 Å². The van der Waals surface area contributed by atoms with Gasteiger partial charge in [-0.15, -0.1) is 11.3 Å². The molecule has 104 valence electrons. The van der Waals surface area contributed by atoms with E-state index in [0.717, 1.165) is 41.9 Å². The molecule has 3 nitrogen and oxygen atoms in total. The molecule has 1 unspecified atom stereocenters. The first-order valence-corrected chi connectivity index (χ1v) is 8.06. The van der Waals surface area contributed by atoms with E-state index < -0.39 is 0 Å². The highest BCUT2D eigenvalue weighted by Gasteiger charge is 2.22. The van der Waals surface area contributed by atoms with Crippen LogP contribution in [0.4, 0.5) is 0 Å². The first kappa shape index (κ1) is 14.8. The number of carbonyl (C=O) groups is 1. The Kier molecular flexibility index (Phi) is 5.60. The minimum absolute atomic E-state index is 0.100. The lowest BCUT2D eigenvalue weighted by Crippen LogP contribution is -2.40. The predicted molar refractivity (Wildman–Crippen MR) is 82.2 cm³/mol. The summed E-state index contributed by atoms with van der Waals surface area (Å²) in [5, 5.41) is 2.03. The normalized spacial score (nSPS) is 20.1. The number of piperidine rings is 1. The molecule has 1 amide bonds. The Morgan fingerprint density at radius 2 is 2.53 bits per heavy atom. The molecule has 0 aromatic carbocycles. The third kappa shape index (κ3) is 4.44. The maximum Gasteiger partial charge on any atom is 0.246 e. The molecule has 5 heteroatoms. The number of halogens is 1. The van der Waals surface area contributed by atoms with Gasteiger partial charge in [-0.3, -0.25) is 4.79 Å². The molecule has 19 heavy (non-hydrogen) atoms. The van der Waals surface area contributed by atoms with Crippen LogP contribution in [0.1, 0.15) is 18.4 Å². The Bertz CT molecular complexity index is 456. The van der Waals surface area contributed by atoms with E-state index in [2.05, 4.69) is 15.9 Å². The molecule has 0 radical (unpaired) electrons. The van der Waals surface area contributed by atoms with Crippen molar-refractivity contribution in [1.82, 2.24) is 4.90 Å². The average Bonchev–Trinajstić information content (AvgIpc) is 2.82. The van der Waals surface area contributed by atoms with Crippen LogP contribution in [0.25, 0.3) is 6.08 Å². The van der Waals surface area contributed by atoms with Gasteiger partial charge in [0.2, 0.25) is 5.91 Å². The average molecular weight is 344 g/mol. The lowest BCUT2D eigenvalue weighted by atomic mass is 9.99. The van der Waals surface area contributed by atoms with Gasteiger partial charge in [0.05, 0.1) is 10.4 Å². The largest absolute Gasteiger partial charge is 0.384 e. The van der Waals surface area contributed by atoms with Crippen molar-refractivity contribution < 1.29 is 9.53 Å². The molecule has 2 rings (SSSR count). The molecule has 1 aliphatic rings. The number of thiophene rings is 1. The Labute approximate surface area is 126 Å². The lowest BCUT2D eigenvalue weighted by molar-refractivity contribution is -0.128. The molecule has 1 atom stereocenters. The highest BCUT2D eigenvalue weighted by atomic mass is 79.9. The zero-order valence-corrected chi connectivity index (χ0v) is 13.4. The summed E-state index contributed by atoms with van der Waals surface area (Å²) in [6.07, 6.45) is 5.77. The first-order valence-electron chi connectivity index (χ1n) is 6.39. The molecule has 0 bridgehead atoms. The van der Waals surface area contributed by atoms with E-state index in [0.29, 0.717) is 5.92 Å². The molecule has 1 saturated heterocycles. The molecule has 2 heterocycles. The van der Waals surface area contributed by atoms with Gasteiger partial charge in [-0.05, 0) is 57.8 Å². The minimum atomic E-state index is 0.100. The molecule has 0 saturated carbocycles. The maximum absolute atomic E-state index is 12.1. The number of nitrogens with zero attached hydrogens (tertiary/aromatic N) is 1. The third-order valence-corrected chi connectivity index (χ3v) is 4.76. The molecule has 0 N–H and O–H groups in total. The third-order valence-electron chi connectivity index (χ3n) is 3.24. The van der Waals surface area contributed by atoms with E-state index in [1.165, 1.54) is 0 Å². The van der Waals surface area contributed by atoms with Crippen LogP contribution in [0.3, 0.4) is 0 Å². The number of amides is 1. The zero-order valence-electron chi connectivity index (χ0n) is 11.0. The molecular weight excluding hydrogens is 326 g/mol. The van der Waals surface area contributed by atoms with Crippen LogP contribution < -0.4 is 0 Å². The zero-order chi connectivity index (χ0) is 13.7. The van der Waals surface area contributed by atoms with E-state index in [9.17, 15) is 4.79 Å². The van der Waals surface area contributed by atoms with Crippen LogP contribution >= 0.6 is 27.3 Å². The molecule has 0 spiro atoms. The van der Waals surface area contributed by atoms with Gasteiger partial charge in [-0.25, -0.2) is 0 Å². The van der Waals surface area contributed by atoms with Crippen molar-refractivity contribution in [3.05, 3.63) is 26.9 Å². The summed E-state index contributed by atoms with van der Waals surface area (Å²) in [5.74, 6) is 0.578. The van der Waals surface area contributed by atoms with Crippen LogP contribution in [-0.2, 0) is 9.53 Å². The quantitative estimate of drug-likeness (QED) is 0.784. The van der Waals surface area contributed by atoms with Crippen molar-refractivity contribution >= 4 is 39.2 Å². The molecule has 1 aromatic rings. The van der Waals surface area contributed by atoms with Crippen molar-refractivity contribution in [3.63, 3.8) is 0 Å². The minimum Gasteiger partial charge on any atom is -0.384 e. The van der Waals surface area contributed by atoms with E-state index in [1.807, 2.05) is 22.4 Å². The smallest absolute Gasteiger partial charge is 0.246 e. The number of hydrogen-bond donors (Lipinski definition) is 0. The summed E-state index contributed by atoms with van der Waals surface area (Å²) in [6, 6.07) is 2.01. The summed E-state index contributed by atoms with van der Waals surface area (Å²) in [6.45, 7) is 2.41. The van der Waals surface area contributed by atoms with E-state index >= 15 is 0 Å². The monoisotopic (exact) mass is 343 g/mol. The fourth-order valence-corrected chi connectivity index (χ4v) is 3.46. The van der Waals surface area contributed by atoms with Crippen molar-refractivity contribution in [2.75, 3.05) is 26.8 Å². The Balaban J connectivity index is 1.90. The van der Waals surface area contributed by atoms with Crippen LogP contribution in [0, 0.1) is 5.92 Å². The Morgan fingerprint density at radius 1 is 1.68 bits per heavy atom. The molecule has 1 aromatic heterocycles. The fraction of sp³-hybridized carbons (Fsp3) is 0.500. The first-order chi connectivity index (χ1) is 9.19. The SMILES string of the molecule is COCC1CCCN(C(=O)C=Cc2csc(Br)c2)C1. The number of ether oxygens (including phenoxy) is 1. The highest BCUT2D eigenvalue weighted by Crippen LogP contribution is 2.22. The van der Waals surface area contributed by atoms with Crippen molar-refractivity contribution in [1.29, 1.82) is 0 Å². The van der Waals surface area contributed by atoms with Gasteiger partial charge in [-0.2, -0.15) is 0 Å². The van der Waals surface area contributed by atoms with Gasteiger partial charge in [0, 0.05) is 26.3 Å². The standard InChI is InChI=1S/C14H18BrNO2S/c1-18-9-12-3-2-6-16(8-12)14(17)5-4-11-7-13(15)19-10-11/h4-5,7,10,12H,2-3,6,8-9H2,1H3. The molecule has 1 fully saturated rings. The number of carbonyl (C=O) groups excluding carboxylic acids is 1. The topological polar surface area (TPSA) is 29.5 Å².